The highest BCUT2D eigenvalue weighted by atomic mass is 35.5. The smallest absolute Gasteiger partial charge is 0.339 e. The third-order valence-corrected chi connectivity index (χ3v) is 4.58. The van der Waals surface area contributed by atoms with E-state index in [1.54, 1.807) is 18.2 Å². The number of benzene rings is 2. The summed E-state index contributed by atoms with van der Waals surface area (Å²) in [6.45, 7) is 3.59. The first-order valence-corrected chi connectivity index (χ1v) is 8.19. The van der Waals surface area contributed by atoms with Crippen molar-refractivity contribution >= 4 is 51.0 Å². The summed E-state index contributed by atoms with van der Waals surface area (Å²) in [6.07, 6.45) is 1.60. The molecule has 0 heterocycles. The second kappa shape index (κ2) is 6.28. The van der Waals surface area contributed by atoms with Crippen molar-refractivity contribution in [2.45, 2.75) is 4.90 Å². The van der Waals surface area contributed by atoms with Crippen molar-refractivity contribution in [3.63, 3.8) is 0 Å². The van der Waals surface area contributed by atoms with Crippen molar-refractivity contribution in [1.29, 1.82) is 0 Å². The monoisotopic (exact) mass is 362 g/mol. The molecule has 7 heteroatoms. The van der Waals surface area contributed by atoms with Crippen molar-refractivity contribution in [3.05, 3.63) is 63.6 Å². The van der Waals surface area contributed by atoms with Crippen LogP contribution >= 0.6 is 34.8 Å². The Hall–Kier alpha value is -1.20. The van der Waals surface area contributed by atoms with Gasteiger partial charge in [-0.25, -0.2) is 0 Å². The first-order valence-electron chi connectivity index (χ1n) is 5.65. The van der Waals surface area contributed by atoms with Gasteiger partial charge in [0.25, 0.3) is 0 Å². The molecule has 2 rings (SSSR count). The first kappa shape index (κ1) is 16.2. The van der Waals surface area contributed by atoms with Gasteiger partial charge in [0.05, 0.1) is 10.0 Å². The molecule has 0 aliphatic heterocycles. The summed E-state index contributed by atoms with van der Waals surface area (Å²) in [5, 5.41) is 0.308. The third-order valence-electron chi connectivity index (χ3n) is 2.56. The lowest BCUT2D eigenvalue weighted by Gasteiger charge is -2.10. The van der Waals surface area contributed by atoms with Crippen LogP contribution in [0.4, 0.5) is 0 Å². The summed E-state index contributed by atoms with van der Waals surface area (Å²) in [6, 6.07) is 8.72. The lowest BCUT2D eigenvalue weighted by Crippen LogP contribution is -2.10. The molecule has 0 spiro atoms. The molecule has 0 radical (unpaired) electrons. The lowest BCUT2D eigenvalue weighted by molar-refractivity contribution is 0.486. The summed E-state index contributed by atoms with van der Waals surface area (Å²) in [5.74, 6) is -0.157. The topological polar surface area (TPSA) is 43.4 Å². The number of hydrogen-bond acceptors (Lipinski definition) is 3. The summed E-state index contributed by atoms with van der Waals surface area (Å²) < 4.78 is 29.4. The second-order valence-corrected chi connectivity index (χ2v) is 6.81. The highest BCUT2D eigenvalue weighted by molar-refractivity contribution is 7.87. The van der Waals surface area contributed by atoms with E-state index in [4.69, 9.17) is 39.0 Å². The van der Waals surface area contributed by atoms with Crippen LogP contribution in [0.5, 0.6) is 5.75 Å². The molecule has 0 aliphatic carbocycles. The van der Waals surface area contributed by atoms with E-state index >= 15 is 0 Å². The minimum absolute atomic E-state index is 0.0128. The molecule has 0 aromatic heterocycles. The van der Waals surface area contributed by atoms with E-state index in [0.717, 1.165) is 5.56 Å². The quantitative estimate of drug-likeness (QED) is 0.713. The molecule has 0 fully saturated rings. The van der Waals surface area contributed by atoms with E-state index in [1.165, 1.54) is 24.3 Å². The number of hydrogen-bond donors (Lipinski definition) is 0. The summed E-state index contributed by atoms with van der Waals surface area (Å²) in [5.41, 5.74) is 0.788. The van der Waals surface area contributed by atoms with Gasteiger partial charge in [-0.05, 0) is 29.8 Å². The normalized spacial score (nSPS) is 11.2. The van der Waals surface area contributed by atoms with Crippen molar-refractivity contribution < 1.29 is 12.6 Å². The second-order valence-electron chi connectivity index (χ2n) is 4.01. The Morgan fingerprint density at radius 3 is 2.00 bits per heavy atom. The van der Waals surface area contributed by atoms with Gasteiger partial charge in [0, 0.05) is 5.02 Å². The van der Waals surface area contributed by atoms with Crippen LogP contribution in [0.25, 0.3) is 6.08 Å². The summed E-state index contributed by atoms with van der Waals surface area (Å²) in [7, 11) is -4.04. The molecule has 0 saturated carbocycles. The molecular formula is C14H9Cl3O3S. The Morgan fingerprint density at radius 2 is 1.52 bits per heavy atom. The lowest BCUT2D eigenvalue weighted by atomic mass is 10.2. The molecule has 0 atom stereocenters. The predicted octanol–water partition coefficient (Wildman–Crippen LogP) is 5.06. The van der Waals surface area contributed by atoms with Crippen LogP contribution in [0.3, 0.4) is 0 Å². The minimum atomic E-state index is -4.04. The number of rotatable bonds is 4. The molecular weight excluding hydrogens is 355 g/mol. The zero-order valence-corrected chi connectivity index (χ0v) is 13.6. The van der Waals surface area contributed by atoms with Crippen LogP contribution < -0.4 is 4.18 Å². The van der Waals surface area contributed by atoms with Gasteiger partial charge in [0.15, 0.2) is 5.75 Å². The number of halogens is 3. The fourth-order valence-electron chi connectivity index (χ4n) is 1.54. The van der Waals surface area contributed by atoms with Gasteiger partial charge in [0.2, 0.25) is 0 Å². The van der Waals surface area contributed by atoms with E-state index in [0.29, 0.717) is 0 Å². The molecule has 0 amide bonds. The van der Waals surface area contributed by atoms with Gasteiger partial charge in [-0.2, -0.15) is 8.42 Å². The van der Waals surface area contributed by atoms with Crippen LogP contribution in [0, 0.1) is 0 Å². The third kappa shape index (κ3) is 3.71. The molecule has 0 bridgehead atoms. The van der Waals surface area contributed by atoms with Crippen LogP contribution in [0.15, 0.2) is 47.9 Å². The van der Waals surface area contributed by atoms with E-state index in [9.17, 15) is 8.42 Å². The van der Waals surface area contributed by atoms with Gasteiger partial charge < -0.3 is 4.18 Å². The van der Waals surface area contributed by atoms with Gasteiger partial charge >= 0.3 is 10.1 Å². The van der Waals surface area contributed by atoms with Gasteiger partial charge in [-0.15, -0.1) is 0 Å². The molecule has 0 unspecified atom stereocenters. The van der Waals surface area contributed by atoms with Crippen molar-refractivity contribution in [2.75, 3.05) is 0 Å². The van der Waals surface area contributed by atoms with Gasteiger partial charge in [-0.3, -0.25) is 0 Å². The van der Waals surface area contributed by atoms with Gasteiger partial charge in [-0.1, -0.05) is 59.6 Å². The molecule has 0 aliphatic rings. The average Bonchev–Trinajstić information content (AvgIpc) is 2.43. The minimum Gasteiger partial charge on any atom is -0.376 e. The highest BCUT2D eigenvalue weighted by Crippen LogP contribution is 2.37. The molecule has 3 nitrogen and oxygen atoms in total. The largest absolute Gasteiger partial charge is 0.376 e. The predicted molar refractivity (Wildman–Crippen MR) is 85.8 cm³/mol. The Labute approximate surface area is 137 Å². The molecule has 0 saturated heterocycles. The maximum atomic E-state index is 12.2. The highest BCUT2D eigenvalue weighted by Gasteiger charge is 2.20. The van der Waals surface area contributed by atoms with Gasteiger partial charge in [0.1, 0.15) is 4.90 Å². The molecule has 0 N–H and O–H groups in total. The standard InChI is InChI=1S/C14H9Cl3O3S/c1-2-9-3-5-11(6-4-9)21(18,19)20-14-12(16)7-10(15)8-13(14)17/h2-8H,1H2. The fraction of sp³-hybridized carbons (Fsp3) is 0. The maximum absolute atomic E-state index is 12.2. The zero-order valence-electron chi connectivity index (χ0n) is 10.5. The molecule has 2 aromatic rings. The summed E-state index contributed by atoms with van der Waals surface area (Å²) in [4.78, 5) is -0.0183. The van der Waals surface area contributed by atoms with Crippen LogP contribution in [0.2, 0.25) is 15.1 Å². The van der Waals surface area contributed by atoms with E-state index in [2.05, 4.69) is 6.58 Å². The summed E-state index contributed by atoms with van der Waals surface area (Å²) >= 11 is 17.6. The van der Waals surface area contributed by atoms with E-state index in [1.807, 2.05) is 0 Å². The molecule has 110 valence electrons. The molecule has 2 aromatic carbocycles. The SMILES string of the molecule is C=Cc1ccc(S(=O)(=O)Oc2c(Cl)cc(Cl)cc2Cl)cc1. The van der Waals surface area contributed by atoms with Crippen molar-refractivity contribution in [2.24, 2.45) is 0 Å². The van der Waals surface area contributed by atoms with E-state index < -0.39 is 10.1 Å². The fourth-order valence-corrected chi connectivity index (χ4v) is 3.49. The van der Waals surface area contributed by atoms with Crippen LogP contribution in [-0.4, -0.2) is 8.42 Å². The van der Waals surface area contributed by atoms with Crippen molar-refractivity contribution in [3.8, 4) is 5.75 Å². The average molecular weight is 364 g/mol. The Morgan fingerprint density at radius 1 is 1.00 bits per heavy atom. The first-order chi connectivity index (χ1) is 9.83. The van der Waals surface area contributed by atoms with Crippen LogP contribution in [-0.2, 0) is 10.1 Å². The van der Waals surface area contributed by atoms with Crippen molar-refractivity contribution in [1.82, 2.24) is 0 Å². The Kier molecular flexibility index (Phi) is 4.84. The Balaban J connectivity index is 2.39. The van der Waals surface area contributed by atoms with Crippen LogP contribution in [0.1, 0.15) is 5.56 Å². The maximum Gasteiger partial charge on any atom is 0.339 e. The van der Waals surface area contributed by atoms with E-state index in [-0.39, 0.29) is 25.7 Å². The Bertz CT molecular complexity index is 761. The molecule has 21 heavy (non-hydrogen) atoms. The zero-order chi connectivity index (χ0) is 15.6.